The zero-order chi connectivity index (χ0) is 44.9. The van der Waals surface area contributed by atoms with Crippen LogP contribution in [0.1, 0.15) is 119 Å². The van der Waals surface area contributed by atoms with Crippen molar-refractivity contribution < 1.29 is 28.8 Å². The van der Waals surface area contributed by atoms with Crippen molar-refractivity contribution >= 4 is 35.4 Å². The number of aryl methyl sites for hydroxylation is 2. The first kappa shape index (κ1) is 46.8. The molecule has 14 heteroatoms. The lowest BCUT2D eigenvalue weighted by Gasteiger charge is -2.31. The second-order valence-electron chi connectivity index (χ2n) is 17.1. The fourth-order valence-electron chi connectivity index (χ4n) is 9.37. The Bertz CT molecular complexity index is 2120. The lowest BCUT2D eigenvalue weighted by Crippen LogP contribution is -2.56. The predicted molar refractivity (Wildman–Crippen MR) is 240 cm³/mol. The normalized spacial score (nSPS) is 22.0. The second kappa shape index (κ2) is 22.6. The third-order valence-electron chi connectivity index (χ3n) is 13.0. The van der Waals surface area contributed by atoms with Crippen molar-refractivity contribution in [3.05, 3.63) is 70.8 Å². The molecule has 336 valence electrons. The third kappa shape index (κ3) is 11.7. The summed E-state index contributed by atoms with van der Waals surface area (Å²) in [4.78, 5) is 85.4. The first-order valence-electron chi connectivity index (χ1n) is 22.8. The highest BCUT2D eigenvalue weighted by Crippen LogP contribution is 2.32. The molecule has 14 nitrogen and oxygen atoms in total. The molecule has 0 spiro atoms. The Morgan fingerprint density at radius 1 is 0.619 bits per heavy atom. The summed E-state index contributed by atoms with van der Waals surface area (Å²) < 4.78 is 0. The fraction of sp³-hybridized carbons (Fsp3) is 0.551. The lowest BCUT2D eigenvalue weighted by molar-refractivity contribution is -0.141. The number of fused-ring (bicyclic) bond motifs is 2. The maximum atomic E-state index is 14.2. The van der Waals surface area contributed by atoms with Crippen molar-refractivity contribution in [2.45, 2.75) is 146 Å². The predicted octanol–water partition coefficient (Wildman–Crippen LogP) is 2.72. The van der Waals surface area contributed by atoms with E-state index in [1.807, 2.05) is 37.3 Å². The molecule has 2 fully saturated rings. The van der Waals surface area contributed by atoms with Gasteiger partial charge in [0.2, 0.25) is 35.4 Å². The van der Waals surface area contributed by atoms with Crippen molar-refractivity contribution in [1.82, 2.24) is 41.7 Å². The summed E-state index contributed by atoms with van der Waals surface area (Å²) in [5.41, 5.74) is 4.68. The van der Waals surface area contributed by atoms with Crippen LogP contribution in [0.4, 0.5) is 0 Å². The second-order valence-corrected chi connectivity index (χ2v) is 17.1. The van der Waals surface area contributed by atoms with E-state index in [0.29, 0.717) is 45.2 Å². The molecule has 2 aliphatic heterocycles. The minimum atomic E-state index is -1.03. The van der Waals surface area contributed by atoms with Crippen LogP contribution in [0.25, 0.3) is 0 Å². The average molecular weight is 861 g/mol. The quantitative estimate of drug-likeness (QED) is 0.148. The highest BCUT2D eigenvalue weighted by Gasteiger charge is 2.40. The number of carbonyl (C=O) groups is 6. The maximum Gasteiger partial charge on any atom is 0.246 e. The topological polar surface area (TPSA) is 181 Å². The van der Waals surface area contributed by atoms with E-state index >= 15 is 0 Å². The molecule has 0 bridgehead atoms. The molecule has 2 aliphatic carbocycles. The molecule has 6 rings (SSSR count). The number of likely N-dealkylation sites (N-methyl/N-ethyl adjacent to an activating group) is 2. The van der Waals surface area contributed by atoms with Gasteiger partial charge in [-0.2, -0.15) is 0 Å². The number of amides is 6. The van der Waals surface area contributed by atoms with Gasteiger partial charge in [0.05, 0.1) is 24.2 Å². The molecular weight excluding hydrogens is 797 g/mol. The van der Waals surface area contributed by atoms with Crippen LogP contribution in [0.15, 0.2) is 48.5 Å². The molecule has 0 radical (unpaired) electrons. The van der Waals surface area contributed by atoms with Crippen LogP contribution in [-0.2, 0) is 41.6 Å². The zero-order valence-corrected chi connectivity index (χ0v) is 37.2. The smallest absolute Gasteiger partial charge is 0.246 e. The summed E-state index contributed by atoms with van der Waals surface area (Å²) in [6, 6.07) is 11.5. The van der Waals surface area contributed by atoms with Crippen molar-refractivity contribution in [2.75, 3.05) is 27.2 Å². The van der Waals surface area contributed by atoms with Crippen molar-refractivity contribution in [3.63, 3.8) is 0 Å². The Hall–Kier alpha value is -5.70. The zero-order valence-electron chi connectivity index (χ0n) is 37.2. The van der Waals surface area contributed by atoms with E-state index in [2.05, 4.69) is 73.8 Å². The molecule has 0 saturated carbocycles. The molecule has 0 aromatic heterocycles. The molecule has 2 heterocycles. The summed E-state index contributed by atoms with van der Waals surface area (Å²) >= 11 is 0. The molecule has 63 heavy (non-hydrogen) atoms. The standard InChI is InChI=1S/C49H64N8O6/c1-5-37(51-4)45(59)55-41(49(63)57-31-17-29-43(57)47(61)53-39-27-15-21-34-19-11-13-23-36(34)39)25-9-7-6-8-24-40(54-44(58)32(2)50-3)48(62)56-30-16-28-42(56)46(60)52-38-26-14-20-33-18-10-12-22-35(33)38/h10-13,18-19,22-23,32,37-43,50-51H,5,14-17,20-21,24-31H2,1-4H3,(H,52,60)(H,53,61)(H,54,58)(H,55,59)/t32-,37-,38+,39-,40-,41-,42-,43-/m0/s1. The summed E-state index contributed by atoms with van der Waals surface area (Å²) in [5.74, 6) is 9.48. The molecule has 4 aliphatic rings. The van der Waals surface area contributed by atoms with Crippen LogP contribution in [0.2, 0.25) is 0 Å². The van der Waals surface area contributed by atoms with E-state index in [4.69, 9.17) is 0 Å². The van der Waals surface area contributed by atoms with Crippen molar-refractivity contribution in [1.29, 1.82) is 0 Å². The number of carbonyl (C=O) groups excluding carboxylic acids is 6. The number of hydrogen-bond donors (Lipinski definition) is 6. The van der Waals surface area contributed by atoms with Gasteiger partial charge in [0.25, 0.3) is 0 Å². The number of likely N-dealkylation sites (tertiary alicyclic amines) is 2. The molecule has 6 amide bonds. The van der Waals surface area contributed by atoms with Crippen molar-refractivity contribution in [3.8, 4) is 23.7 Å². The summed E-state index contributed by atoms with van der Waals surface area (Å²) in [6.07, 6.45) is 8.21. The number of rotatable bonds is 15. The van der Waals surface area contributed by atoms with Crippen LogP contribution in [0, 0.1) is 23.7 Å². The summed E-state index contributed by atoms with van der Waals surface area (Å²) in [6.45, 7) is 4.31. The van der Waals surface area contributed by atoms with Gasteiger partial charge in [-0.15, -0.1) is 0 Å². The van der Waals surface area contributed by atoms with Gasteiger partial charge in [-0.05, 0) is 126 Å². The van der Waals surface area contributed by atoms with Crippen LogP contribution in [-0.4, -0.2) is 109 Å². The van der Waals surface area contributed by atoms with E-state index in [-0.39, 0.29) is 54.5 Å². The minimum absolute atomic E-state index is 0.0605. The molecule has 2 aromatic carbocycles. The number of nitrogens with zero attached hydrogens (tertiary/aromatic N) is 2. The molecule has 0 unspecified atom stereocenters. The molecule has 2 saturated heterocycles. The minimum Gasteiger partial charge on any atom is -0.347 e. The largest absolute Gasteiger partial charge is 0.347 e. The third-order valence-corrected chi connectivity index (χ3v) is 13.0. The fourth-order valence-corrected chi connectivity index (χ4v) is 9.37. The van der Waals surface area contributed by atoms with Gasteiger partial charge in [-0.3, -0.25) is 28.8 Å². The highest BCUT2D eigenvalue weighted by atomic mass is 16.2. The maximum absolute atomic E-state index is 14.2. The van der Waals surface area contributed by atoms with Crippen LogP contribution in [0.3, 0.4) is 0 Å². The monoisotopic (exact) mass is 860 g/mol. The Morgan fingerprint density at radius 3 is 1.52 bits per heavy atom. The van der Waals surface area contributed by atoms with E-state index < -0.39 is 42.2 Å². The van der Waals surface area contributed by atoms with E-state index in [1.54, 1.807) is 30.8 Å². The Morgan fingerprint density at radius 2 is 1.08 bits per heavy atom. The number of benzene rings is 2. The molecule has 2 aromatic rings. The molecular formula is C49H64N8O6. The highest BCUT2D eigenvalue weighted by molar-refractivity contribution is 5.95. The summed E-state index contributed by atoms with van der Waals surface area (Å²) in [5, 5.41) is 18.0. The Labute approximate surface area is 372 Å². The molecule has 8 atom stereocenters. The van der Waals surface area contributed by atoms with E-state index in [9.17, 15) is 28.8 Å². The van der Waals surface area contributed by atoms with Gasteiger partial charge in [-0.1, -0.05) is 67.3 Å². The van der Waals surface area contributed by atoms with Gasteiger partial charge in [0, 0.05) is 25.9 Å². The Balaban J connectivity index is 1.13. The molecule has 6 N–H and O–H groups in total. The van der Waals surface area contributed by atoms with Gasteiger partial charge in [0.1, 0.15) is 24.2 Å². The van der Waals surface area contributed by atoms with Gasteiger partial charge in [-0.25, -0.2) is 0 Å². The van der Waals surface area contributed by atoms with Gasteiger partial charge >= 0.3 is 0 Å². The van der Waals surface area contributed by atoms with E-state index in [0.717, 1.165) is 49.7 Å². The van der Waals surface area contributed by atoms with Crippen LogP contribution >= 0.6 is 0 Å². The average Bonchev–Trinajstić information content (AvgIpc) is 4.01. The van der Waals surface area contributed by atoms with E-state index in [1.165, 1.54) is 11.1 Å². The van der Waals surface area contributed by atoms with Gasteiger partial charge in [0.15, 0.2) is 0 Å². The number of hydrogen-bond acceptors (Lipinski definition) is 8. The van der Waals surface area contributed by atoms with Crippen LogP contribution < -0.4 is 31.9 Å². The van der Waals surface area contributed by atoms with Crippen LogP contribution in [0.5, 0.6) is 0 Å². The summed E-state index contributed by atoms with van der Waals surface area (Å²) in [7, 11) is 3.33. The first-order chi connectivity index (χ1) is 30.5. The number of nitrogens with one attached hydrogen (secondary N) is 6. The van der Waals surface area contributed by atoms with Gasteiger partial charge < -0.3 is 41.7 Å². The van der Waals surface area contributed by atoms with Crippen molar-refractivity contribution in [2.24, 2.45) is 0 Å². The Kier molecular flexibility index (Phi) is 16.8. The first-order valence-corrected chi connectivity index (χ1v) is 22.8. The SMILES string of the molecule is CC[C@H](NC)C(=O)N[C@@H](CC#CC#CC[C@H](NC(=O)[C@H](C)NC)C(=O)N1CCC[C@H]1C(=O)N[C@@H]1CCCc2ccccc21)C(=O)N1CCC[C@H]1C(=O)N[C@H]1CCCc2ccccc21. The lowest BCUT2D eigenvalue weighted by atomic mass is 9.87.